The fourth-order valence-corrected chi connectivity index (χ4v) is 5.78. The van der Waals surface area contributed by atoms with Crippen molar-refractivity contribution in [1.29, 1.82) is 0 Å². The van der Waals surface area contributed by atoms with Gasteiger partial charge in [0.1, 0.15) is 11.3 Å². The Hall–Kier alpha value is -3.76. The van der Waals surface area contributed by atoms with Crippen LogP contribution >= 0.6 is 11.6 Å². The van der Waals surface area contributed by atoms with Gasteiger partial charge in [-0.2, -0.15) is 0 Å². The molecule has 0 radical (unpaired) electrons. The van der Waals surface area contributed by atoms with Crippen LogP contribution in [0.5, 0.6) is 5.75 Å². The van der Waals surface area contributed by atoms with Crippen LogP contribution in [0.15, 0.2) is 36.4 Å². The third kappa shape index (κ3) is 3.40. The lowest BCUT2D eigenvalue weighted by molar-refractivity contribution is -0.132. The van der Waals surface area contributed by atoms with Gasteiger partial charge in [-0.25, -0.2) is 4.90 Å². The number of fused-ring (bicyclic) bond motifs is 4. The number of hydrogen-bond donors (Lipinski definition) is 3. The molecule has 186 valence electrons. The molecule has 1 spiro atoms. The number of anilines is 2. The minimum absolute atomic E-state index is 0.0242. The lowest BCUT2D eigenvalue weighted by atomic mass is 9.76. The summed E-state index contributed by atoms with van der Waals surface area (Å²) in [6, 6.07) is 8.63. The molecule has 11 heteroatoms. The van der Waals surface area contributed by atoms with E-state index in [9.17, 15) is 24.0 Å². The van der Waals surface area contributed by atoms with Gasteiger partial charge < -0.3 is 15.8 Å². The smallest absolute Gasteiger partial charge is 0.308 e. The Morgan fingerprint density at radius 1 is 1.11 bits per heavy atom. The molecule has 4 N–H and O–H groups in total. The van der Waals surface area contributed by atoms with Gasteiger partial charge in [0.15, 0.2) is 0 Å². The maximum absolute atomic E-state index is 13.9. The topological polar surface area (TPSA) is 148 Å². The quantitative estimate of drug-likeness (QED) is 0.315. The standard InChI is InChI=1S/C25H23ClN4O6/c1-11-16(26)8-7-15-21(11)28-24(35)25(15)20-19(17(29-25)9-10-18(27)32)22(33)30(23(20)34)13-3-5-14(6-4-13)36-12(2)31/h3-8,17,19-20,29H,9-10H2,1-2H3,(H2,27,32)(H,28,35)/t17-,19-,20-,25+/m1/s1. The van der Waals surface area contributed by atoms with E-state index in [0.717, 1.165) is 4.90 Å². The van der Waals surface area contributed by atoms with E-state index in [4.69, 9.17) is 22.1 Å². The number of rotatable bonds is 5. The summed E-state index contributed by atoms with van der Waals surface area (Å²) >= 11 is 6.28. The highest BCUT2D eigenvalue weighted by atomic mass is 35.5. The van der Waals surface area contributed by atoms with Gasteiger partial charge in [0.25, 0.3) is 0 Å². The summed E-state index contributed by atoms with van der Waals surface area (Å²) in [5.41, 5.74) is 5.80. The number of esters is 1. The van der Waals surface area contributed by atoms with E-state index in [1.807, 2.05) is 0 Å². The minimum atomic E-state index is -1.52. The average molecular weight is 511 g/mol. The predicted molar refractivity (Wildman–Crippen MR) is 129 cm³/mol. The zero-order valence-corrected chi connectivity index (χ0v) is 20.2. The summed E-state index contributed by atoms with van der Waals surface area (Å²) < 4.78 is 5.04. The number of carbonyl (C=O) groups is 5. The number of halogens is 1. The van der Waals surface area contributed by atoms with Crippen molar-refractivity contribution in [2.24, 2.45) is 17.6 Å². The summed E-state index contributed by atoms with van der Waals surface area (Å²) in [7, 11) is 0. The lowest BCUT2D eigenvalue weighted by Gasteiger charge is -2.29. The van der Waals surface area contributed by atoms with Crippen molar-refractivity contribution in [2.45, 2.75) is 38.3 Å². The van der Waals surface area contributed by atoms with Crippen LogP contribution in [-0.2, 0) is 29.5 Å². The molecule has 10 nitrogen and oxygen atoms in total. The van der Waals surface area contributed by atoms with Gasteiger partial charge in [-0.1, -0.05) is 17.7 Å². The number of nitrogens with zero attached hydrogens (tertiary/aromatic N) is 1. The van der Waals surface area contributed by atoms with Crippen molar-refractivity contribution in [3.8, 4) is 5.75 Å². The van der Waals surface area contributed by atoms with E-state index in [2.05, 4.69) is 10.6 Å². The van der Waals surface area contributed by atoms with Crippen LogP contribution < -0.4 is 26.0 Å². The second-order valence-electron chi connectivity index (χ2n) is 9.22. The molecule has 0 aliphatic carbocycles. The lowest BCUT2D eigenvalue weighted by Crippen LogP contribution is -2.53. The fourth-order valence-electron chi connectivity index (χ4n) is 5.62. The van der Waals surface area contributed by atoms with Gasteiger partial charge in [0.2, 0.25) is 23.6 Å². The SMILES string of the molecule is CC(=O)Oc1ccc(N2C(=O)[C@@H]3[C@@H](CCC(N)=O)N[C@]4(C(=O)Nc5c4ccc(Cl)c5C)[C@H]3C2=O)cc1. The molecule has 0 saturated carbocycles. The van der Waals surface area contributed by atoms with Crippen molar-refractivity contribution in [3.63, 3.8) is 0 Å². The first kappa shape index (κ1) is 24.0. The number of benzene rings is 2. The molecule has 0 aromatic heterocycles. The summed E-state index contributed by atoms with van der Waals surface area (Å²) in [5, 5.41) is 6.55. The number of nitrogens with two attached hydrogens (primary N) is 1. The number of imide groups is 1. The van der Waals surface area contributed by atoms with Gasteiger partial charge in [-0.05, 0) is 49.2 Å². The molecule has 2 saturated heterocycles. The molecule has 3 aliphatic heterocycles. The highest BCUT2D eigenvalue weighted by Crippen LogP contribution is 2.55. The second kappa shape index (κ2) is 8.42. The van der Waals surface area contributed by atoms with Crippen LogP contribution in [0.25, 0.3) is 0 Å². The Labute approximate surface area is 211 Å². The fraction of sp³-hybridized carbons (Fsp3) is 0.320. The molecule has 5 rings (SSSR count). The Morgan fingerprint density at radius 3 is 2.44 bits per heavy atom. The van der Waals surface area contributed by atoms with E-state index in [1.165, 1.54) is 31.2 Å². The normalized spacial score (nSPS) is 26.2. The Morgan fingerprint density at radius 2 is 1.81 bits per heavy atom. The highest BCUT2D eigenvalue weighted by Gasteiger charge is 2.70. The minimum Gasteiger partial charge on any atom is -0.427 e. The van der Waals surface area contributed by atoms with E-state index in [0.29, 0.717) is 21.8 Å². The van der Waals surface area contributed by atoms with E-state index < -0.39 is 53.0 Å². The maximum Gasteiger partial charge on any atom is 0.308 e. The molecule has 36 heavy (non-hydrogen) atoms. The molecule has 0 bridgehead atoms. The van der Waals surface area contributed by atoms with Crippen molar-refractivity contribution < 1.29 is 28.7 Å². The summed E-state index contributed by atoms with van der Waals surface area (Å²) in [5.74, 6) is -4.26. The van der Waals surface area contributed by atoms with Gasteiger partial charge in [0.05, 0.1) is 23.2 Å². The average Bonchev–Trinajstić information content (AvgIpc) is 3.40. The monoisotopic (exact) mass is 510 g/mol. The number of ether oxygens (including phenoxy) is 1. The van der Waals surface area contributed by atoms with Gasteiger partial charge in [-0.15, -0.1) is 0 Å². The number of hydrogen-bond acceptors (Lipinski definition) is 7. The molecule has 2 fully saturated rings. The molecule has 4 amide bonds. The summed E-state index contributed by atoms with van der Waals surface area (Å²) in [6.07, 6.45) is 0.148. The van der Waals surface area contributed by atoms with Crippen molar-refractivity contribution >= 4 is 52.6 Å². The Kier molecular flexibility index (Phi) is 5.60. The zero-order valence-electron chi connectivity index (χ0n) is 19.5. The number of amides is 4. The summed E-state index contributed by atoms with van der Waals surface area (Å²) in [4.78, 5) is 65.0. The summed E-state index contributed by atoms with van der Waals surface area (Å²) in [6.45, 7) is 3.02. The van der Waals surface area contributed by atoms with Crippen LogP contribution in [0.1, 0.15) is 30.9 Å². The number of primary amides is 1. The second-order valence-corrected chi connectivity index (χ2v) is 9.62. The van der Waals surface area contributed by atoms with Crippen LogP contribution in [0.3, 0.4) is 0 Å². The predicted octanol–water partition coefficient (Wildman–Crippen LogP) is 1.76. The molecule has 3 aliphatic rings. The molecule has 4 atom stereocenters. The largest absolute Gasteiger partial charge is 0.427 e. The molecular formula is C25H23ClN4O6. The van der Waals surface area contributed by atoms with Gasteiger partial charge in [-0.3, -0.25) is 29.3 Å². The van der Waals surface area contributed by atoms with E-state index in [1.54, 1.807) is 19.1 Å². The van der Waals surface area contributed by atoms with Gasteiger partial charge >= 0.3 is 5.97 Å². The third-order valence-corrected chi connectivity index (χ3v) is 7.55. The maximum atomic E-state index is 13.9. The van der Waals surface area contributed by atoms with Crippen LogP contribution in [-0.4, -0.2) is 35.6 Å². The van der Waals surface area contributed by atoms with Crippen LogP contribution in [0.4, 0.5) is 11.4 Å². The van der Waals surface area contributed by atoms with Crippen molar-refractivity contribution in [3.05, 3.63) is 52.5 Å². The van der Waals surface area contributed by atoms with E-state index >= 15 is 0 Å². The first-order valence-corrected chi connectivity index (χ1v) is 11.8. The van der Waals surface area contributed by atoms with Crippen LogP contribution in [0.2, 0.25) is 5.02 Å². The Bertz CT molecular complexity index is 1340. The van der Waals surface area contributed by atoms with Crippen molar-refractivity contribution in [1.82, 2.24) is 5.32 Å². The molecule has 2 aromatic rings. The molecule has 3 heterocycles. The van der Waals surface area contributed by atoms with Crippen molar-refractivity contribution in [2.75, 3.05) is 10.2 Å². The third-order valence-electron chi connectivity index (χ3n) is 7.14. The molecule has 2 aromatic carbocycles. The molecular weight excluding hydrogens is 488 g/mol. The zero-order chi connectivity index (χ0) is 25.9. The highest BCUT2D eigenvalue weighted by molar-refractivity contribution is 6.32. The molecule has 0 unspecified atom stereocenters. The number of carbonyl (C=O) groups excluding carboxylic acids is 5. The first-order valence-electron chi connectivity index (χ1n) is 11.4. The first-order chi connectivity index (χ1) is 17.1. The van der Waals surface area contributed by atoms with Gasteiger partial charge in [0, 0.05) is 30.0 Å². The Balaban J connectivity index is 1.60. The number of nitrogens with one attached hydrogen (secondary N) is 2. The van der Waals surface area contributed by atoms with Crippen LogP contribution in [0, 0.1) is 18.8 Å². The van der Waals surface area contributed by atoms with E-state index in [-0.39, 0.29) is 24.3 Å².